The van der Waals surface area contributed by atoms with Crippen molar-refractivity contribution in [2.24, 2.45) is 0 Å². The fourth-order valence-corrected chi connectivity index (χ4v) is 5.75. The van der Waals surface area contributed by atoms with E-state index >= 15 is 0 Å². The van der Waals surface area contributed by atoms with Crippen molar-refractivity contribution >= 4 is 38.3 Å². The van der Waals surface area contributed by atoms with Crippen LogP contribution < -0.4 is 0 Å². The standard InChI is InChI=1S/C21H22ClN3O3S/c1-15-21(16-6-2-4-8-18(16)23-15)19(26)14-24-10-12-25(13-11-24)29(27,28)20-9-5-3-7-17(20)22/h2-9,23H,10-14H2,1H3. The molecule has 4 rings (SSSR count). The van der Waals surface area contributed by atoms with Crippen molar-refractivity contribution in [1.29, 1.82) is 0 Å². The molecule has 0 saturated carbocycles. The summed E-state index contributed by atoms with van der Waals surface area (Å²) in [6.45, 7) is 3.82. The highest BCUT2D eigenvalue weighted by Crippen LogP contribution is 2.26. The number of ketones is 1. The number of aromatic amines is 1. The number of hydrogen-bond donors (Lipinski definition) is 1. The molecular formula is C21H22ClN3O3S. The molecule has 2 aromatic carbocycles. The summed E-state index contributed by atoms with van der Waals surface area (Å²) in [5.41, 5.74) is 2.52. The van der Waals surface area contributed by atoms with Gasteiger partial charge in [-0.3, -0.25) is 9.69 Å². The SMILES string of the molecule is Cc1[nH]c2ccccc2c1C(=O)CN1CCN(S(=O)(=O)c2ccccc2Cl)CC1. The highest BCUT2D eigenvalue weighted by molar-refractivity contribution is 7.89. The molecule has 0 bridgehead atoms. The minimum absolute atomic E-state index is 0.0439. The molecule has 1 aliphatic heterocycles. The maximum Gasteiger partial charge on any atom is 0.244 e. The highest BCUT2D eigenvalue weighted by Gasteiger charge is 2.30. The minimum atomic E-state index is -3.64. The Bertz CT molecular complexity index is 1160. The number of halogens is 1. The Hall–Kier alpha value is -2.19. The Morgan fingerprint density at radius 3 is 2.41 bits per heavy atom. The summed E-state index contributed by atoms with van der Waals surface area (Å²) in [5.74, 6) is 0.0439. The molecule has 1 saturated heterocycles. The third-order valence-electron chi connectivity index (χ3n) is 5.33. The topological polar surface area (TPSA) is 73.5 Å². The van der Waals surface area contributed by atoms with E-state index in [1.54, 1.807) is 18.2 Å². The molecule has 1 aliphatic rings. The van der Waals surface area contributed by atoms with Gasteiger partial charge in [-0.25, -0.2) is 8.42 Å². The van der Waals surface area contributed by atoms with Crippen LogP contribution in [0.25, 0.3) is 10.9 Å². The molecular weight excluding hydrogens is 410 g/mol. The van der Waals surface area contributed by atoms with Gasteiger partial charge in [0.25, 0.3) is 0 Å². The molecule has 3 aromatic rings. The lowest BCUT2D eigenvalue weighted by Gasteiger charge is -2.33. The Morgan fingerprint density at radius 1 is 1.03 bits per heavy atom. The van der Waals surface area contributed by atoms with Crippen LogP contribution in [0.5, 0.6) is 0 Å². The fraction of sp³-hybridized carbons (Fsp3) is 0.286. The predicted molar refractivity (Wildman–Crippen MR) is 114 cm³/mol. The van der Waals surface area contributed by atoms with Crippen LogP contribution in [0.4, 0.5) is 0 Å². The first kappa shape index (κ1) is 20.1. The number of Topliss-reactive ketones (excluding diaryl/α,β-unsaturated/α-hetero) is 1. The lowest BCUT2D eigenvalue weighted by Crippen LogP contribution is -2.49. The van der Waals surface area contributed by atoms with E-state index in [2.05, 4.69) is 4.98 Å². The summed E-state index contributed by atoms with van der Waals surface area (Å²) >= 11 is 6.08. The zero-order chi connectivity index (χ0) is 20.6. The summed E-state index contributed by atoms with van der Waals surface area (Å²) in [6, 6.07) is 14.2. The summed E-state index contributed by atoms with van der Waals surface area (Å²) in [5, 5.41) is 1.15. The number of carbonyl (C=O) groups is 1. The van der Waals surface area contributed by atoms with Crippen LogP contribution in [-0.2, 0) is 10.0 Å². The Balaban J connectivity index is 1.44. The lowest BCUT2D eigenvalue weighted by molar-refractivity contribution is 0.0903. The summed E-state index contributed by atoms with van der Waals surface area (Å²) in [6.07, 6.45) is 0. The van der Waals surface area contributed by atoms with Gasteiger partial charge in [-0.15, -0.1) is 0 Å². The molecule has 0 radical (unpaired) electrons. The number of fused-ring (bicyclic) bond motifs is 1. The molecule has 29 heavy (non-hydrogen) atoms. The first-order chi connectivity index (χ1) is 13.9. The number of nitrogens with zero attached hydrogens (tertiary/aromatic N) is 2. The van der Waals surface area contributed by atoms with E-state index in [1.165, 1.54) is 10.4 Å². The molecule has 8 heteroatoms. The first-order valence-corrected chi connectivity index (χ1v) is 11.3. The monoisotopic (exact) mass is 431 g/mol. The van der Waals surface area contributed by atoms with E-state index in [9.17, 15) is 13.2 Å². The van der Waals surface area contributed by atoms with E-state index in [0.29, 0.717) is 31.7 Å². The van der Waals surface area contributed by atoms with Crippen LogP contribution in [-0.4, -0.2) is 61.1 Å². The second kappa shape index (κ2) is 7.91. The number of aryl methyl sites for hydroxylation is 1. The molecule has 0 aliphatic carbocycles. The molecule has 152 valence electrons. The van der Waals surface area contributed by atoms with Crippen molar-refractivity contribution in [3.05, 3.63) is 64.8 Å². The maximum atomic E-state index is 12.9. The van der Waals surface area contributed by atoms with Gasteiger partial charge in [-0.05, 0) is 25.1 Å². The number of aromatic nitrogens is 1. The Labute approximate surface area is 175 Å². The predicted octanol–water partition coefficient (Wildman–Crippen LogP) is 3.32. The zero-order valence-electron chi connectivity index (χ0n) is 16.1. The van der Waals surface area contributed by atoms with Crippen LogP contribution in [0.1, 0.15) is 16.1 Å². The zero-order valence-corrected chi connectivity index (χ0v) is 17.6. The van der Waals surface area contributed by atoms with Gasteiger partial charge in [-0.1, -0.05) is 41.9 Å². The number of rotatable bonds is 5. The average Bonchev–Trinajstić information content (AvgIpc) is 3.04. The average molecular weight is 432 g/mol. The normalized spacial score (nSPS) is 16.3. The molecule has 1 N–H and O–H groups in total. The molecule has 1 aromatic heterocycles. The van der Waals surface area contributed by atoms with E-state index < -0.39 is 10.0 Å². The van der Waals surface area contributed by atoms with Crippen LogP contribution in [0.3, 0.4) is 0 Å². The van der Waals surface area contributed by atoms with Gasteiger partial charge in [0.15, 0.2) is 5.78 Å². The molecule has 1 fully saturated rings. The molecule has 0 spiro atoms. The Kier molecular flexibility index (Phi) is 5.48. The Morgan fingerprint density at radius 2 is 1.69 bits per heavy atom. The number of nitrogens with one attached hydrogen (secondary N) is 1. The van der Waals surface area contributed by atoms with Crippen LogP contribution in [0.15, 0.2) is 53.4 Å². The largest absolute Gasteiger partial charge is 0.358 e. The van der Waals surface area contributed by atoms with Crippen LogP contribution in [0.2, 0.25) is 5.02 Å². The molecule has 6 nitrogen and oxygen atoms in total. The summed E-state index contributed by atoms with van der Waals surface area (Å²) in [7, 11) is -3.64. The van der Waals surface area contributed by atoms with Gasteiger partial charge in [-0.2, -0.15) is 4.31 Å². The summed E-state index contributed by atoms with van der Waals surface area (Å²) < 4.78 is 27.2. The quantitative estimate of drug-likeness (QED) is 0.629. The lowest BCUT2D eigenvalue weighted by atomic mass is 10.1. The summed E-state index contributed by atoms with van der Waals surface area (Å²) in [4.78, 5) is 18.3. The van der Waals surface area contributed by atoms with E-state index in [-0.39, 0.29) is 22.2 Å². The third kappa shape index (κ3) is 3.83. The van der Waals surface area contributed by atoms with E-state index in [0.717, 1.165) is 16.6 Å². The second-order valence-corrected chi connectivity index (χ2v) is 9.52. The number of H-pyrrole nitrogens is 1. The molecule has 0 atom stereocenters. The van der Waals surface area contributed by atoms with E-state index in [4.69, 9.17) is 11.6 Å². The molecule has 0 unspecified atom stereocenters. The first-order valence-electron chi connectivity index (χ1n) is 9.45. The van der Waals surface area contributed by atoms with Gasteiger partial charge in [0.1, 0.15) is 4.90 Å². The van der Waals surface area contributed by atoms with Crippen molar-refractivity contribution in [3.63, 3.8) is 0 Å². The molecule has 0 amide bonds. The number of carbonyl (C=O) groups excluding carboxylic acids is 1. The van der Waals surface area contributed by atoms with Gasteiger partial charge in [0, 0.05) is 48.3 Å². The highest BCUT2D eigenvalue weighted by atomic mass is 35.5. The second-order valence-electron chi connectivity index (χ2n) is 7.20. The van der Waals surface area contributed by atoms with Gasteiger partial charge in [0.2, 0.25) is 10.0 Å². The number of hydrogen-bond acceptors (Lipinski definition) is 4. The molecule has 2 heterocycles. The fourth-order valence-electron chi connectivity index (χ4n) is 3.84. The van der Waals surface area contributed by atoms with Crippen LogP contribution in [0, 0.1) is 6.92 Å². The van der Waals surface area contributed by atoms with Crippen molar-refractivity contribution in [2.75, 3.05) is 32.7 Å². The smallest absolute Gasteiger partial charge is 0.244 e. The third-order valence-corrected chi connectivity index (χ3v) is 7.72. The van der Waals surface area contributed by atoms with Gasteiger partial charge in [0.05, 0.1) is 11.6 Å². The number of para-hydroxylation sites is 1. The number of piperazine rings is 1. The van der Waals surface area contributed by atoms with Crippen molar-refractivity contribution in [2.45, 2.75) is 11.8 Å². The number of benzene rings is 2. The number of sulfonamides is 1. The van der Waals surface area contributed by atoms with Crippen molar-refractivity contribution in [3.8, 4) is 0 Å². The van der Waals surface area contributed by atoms with Gasteiger partial charge >= 0.3 is 0 Å². The van der Waals surface area contributed by atoms with Crippen LogP contribution >= 0.6 is 11.6 Å². The maximum absolute atomic E-state index is 12.9. The van der Waals surface area contributed by atoms with Crippen molar-refractivity contribution < 1.29 is 13.2 Å². The van der Waals surface area contributed by atoms with Gasteiger partial charge < -0.3 is 4.98 Å². The van der Waals surface area contributed by atoms with Crippen molar-refractivity contribution in [1.82, 2.24) is 14.2 Å². The minimum Gasteiger partial charge on any atom is -0.358 e. The van der Waals surface area contributed by atoms with E-state index in [1.807, 2.05) is 36.1 Å².